The summed E-state index contributed by atoms with van der Waals surface area (Å²) in [6, 6.07) is 12.6. The van der Waals surface area contributed by atoms with Crippen LogP contribution in [0.5, 0.6) is 0 Å². The minimum Gasteiger partial charge on any atom is -0.330 e. The third kappa shape index (κ3) is 1.51. The summed E-state index contributed by atoms with van der Waals surface area (Å²) in [5.41, 5.74) is 7.50. The molecule has 0 amide bonds. The summed E-state index contributed by atoms with van der Waals surface area (Å²) in [4.78, 5) is 0. The average molecular weight is 232 g/mol. The van der Waals surface area contributed by atoms with E-state index in [0.717, 1.165) is 11.6 Å². The van der Waals surface area contributed by atoms with Crippen LogP contribution in [0.3, 0.4) is 0 Å². The molecule has 3 rings (SSSR count). The highest BCUT2D eigenvalue weighted by molar-refractivity contribution is 6.31. The number of hydrogen-bond donors (Lipinski definition) is 1. The van der Waals surface area contributed by atoms with Gasteiger partial charge in [0.05, 0.1) is 0 Å². The van der Waals surface area contributed by atoms with Gasteiger partial charge in [-0.15, -0.1) is 0 Å². The Balaban J connectivity index is 2.13. The molecule has 0 atom stereocenters. The Morgan fingerprint density at radius 1 is 1.06 bits per heavy atom. The Hall–Kier alpha value is -1.05. The minimum absolute atomic E-state index is 0.272. The monoisotopic (exact) mass is 231 g/mol. The van der Waals surface area contributed by atoms with E-state index in [1.54, 1.807) is 0 Å². The predicted octanol–water partition coefficient (Wildman–Crippen LogP) is 3.48. The third-order valence-corrected chi connectivity index (χ3v) is 3.89. The van der Waals surface area contributed by atoms with Gasteiger partial charge in [-0.3, -0.25) is 0 Å². The molecule has 2 aromatic carbocycles. The fourth-order valence-electron chi connectivity index (χ4n) is 2.31. The van der Waals surface area contributed by atoms with Crippen molar-refractivity contribution in [3.63, 3.8) is 0 Å². The van der Waals surface area contributed by atoms with Gasteiger partial charge >= 0.3 is 0 Å². The van der Waals surface area contributed by atoms with Crippen molar-refractivity contribution in [3.8, 4) is 0 Å². The minimum atomic E-state index is 0.272. The van der Waals surface area contributed by atoms with E-state index in [9.17, 15) is 0 Å². The molecule has 0 radical (unpaired) electrons. The summed E-state index contributed by atoms with van der Waals surface area (Å²) in [6.45, 7) is 0.756. The van der Waals surface area contributed by atoms with Gasteiger partial charge in [0.15, 0.2) is 0 Å². The van der Waals surface area contributed by atoms with Gasteiger partial charge in [0, 0.05) is 17.0 Å². The van der Waals surface area contributed by atoms with E-state index in [-0.39, 0.29) is 5.41 Å². The molecule has 0 spiro atoms. The highest BCUT2D eigenvalue weighted by atomic mass is 35.5. The molecule has 2 aromatic rings. The summed E-state index contributed by atoms with van der Waals surface area (Å²) in [5.74, 6) is 0. The van der Waals surface area contributed by atoms with Crippen LogP contribution < -0.4 is 5.73 Å². The van der Waals surface area contributed by atoms with Crippen LogP contribution >= 0.6 is 11.6 Å². The van der Waals surface area contributed by atoms with Crippen molar-refractivity contribution < 1.29 is 0 Å². The lowest BCUT2D eigenvalue weighted by molar-refractivity contribution is 0.706. The lowest BCUT2D eigenvalue weighted by Gasteiger charge is -2.13. The van der Waals surface area contributed by atoms with E-state index >= 15 is 0 Å². The predicted molar refractivity (Wildman–Crippen MR) is 68.9 cm³/mol. The second kappa shape index (κ2) is 3.47. The lowest BCUT2D eigenvalue weighted by Crippen LogP contribution is -2.19. The molecule has 0 aliphatic heterocycles. The zero-order valence-corrected chi connectivity index (χ0v) is 9.80. The number of halogens is 1. The van der Waals surface area contributed by atoms with E-state index in [1.807, 2.05) is 12.1 Å². The molecule has 0 aromatic heterocycles. The van der Waals surface area contributed by atoms with Crippen LogP contribution in [0.4, 0.5) is 0 Å². The molecule has 0 heterocycles. The summed E-state index contributed by atoms with van der Waals surface area (Å²) in [6.07, 6.45) is 2.45. The van der Waals surface area contributed by atoms with Crippen molar-refractivity contribution in [2.45, 2.75) is 18.3 Å². The first-order chi connectivity index (χ1) is 7.73. The molecule has 1 aliphatic carbocycles. The van der Waals surface area contributed by atoms with Crippen LogP contribution in [0.1, 0.15) is 18.4 Å². The second-order valence-electron chi connectivity index (χ2n) is 4.69. The van der Waals surface area contributed by atoms with Gasteiger partial charge in [0.1, 0.15) is 0 Å². The molecule has 16 heavy (non-hydrogen) atoms. The van der Waals surface area contributed by atoms with Crippen molar-refractivity contribution in [3.05, 3.63) is 47.0 Å². The lowest BCUT2D eigenvalue weighted by atomic mass is 9.94. The van der Waals surface area contributed by atoms with Gasteiger partial charge in [-0.1, -0.05) is 35.9 Å². The highest BCUT2D eigenvalue weighted by Gasteiger charge is 2.42. The van der Waals surface area contributed by atoms with Crippen molar-refractivity contribution in [2.75, 3.05) is 6.54 Å². The van der Waals surface area contributed by atoms with Gasteiger partial charge in [0.25, 0.3) is 0 Å². The third-order valence-electron chi connectivity index (χ3n) is 3.66. The summed E-state index contributed by atoms with van der Waals surface area (Å²) in [7, 11) is 0. The first-order valence-electron chi connectivity index (χ1n) is 5.63. The van der Waals surface area contributed by atoms with Crippen molar-refractivity contribution in [2.24, 2.45) is 5.73 Å². The van der Waals surface area contributed by atoms with Crippen molar-refractivity contribution in [1.29, 1.82) is 0 Å². The van der Waals surface area contributed by atoms with E-state index in [4.69, 9.17) is 17.3 Å². The molecular formula is C14H14ClN. The summed E-state index contributed by atoms with van der Waals surface area (Å²) < 4.78 is 0. The zero-order chi connectivity index (χ0) is 11.2. The number of hydrogen-bond acceptors (Lipinski definition) is 1. The summed E-state index contributed by atoms with van der Waals surface area (Å²) >= 11 is 5.97. The van der Waals surface area contributed by atoms with Gasteiger partial charge in [-0.25, -0.2) is 0 Å². The quantitative estimate of drug-likeness (QED) is 0.842. The van der Waals surface area contributed by atoms with Gasteiger partial charge in [-0.2, -0.15) is 0 Å². The Morgan fingerprint density at radius 2 is 1.75 bits per heavy atom. The molecule has 0 unspecified atom stereocenters. The van der Waals surface area contributed by atoms with Crippen LogP contribution in [0.15, 0.2) is 36.4 Å². The Morgan fingerprint density at radius 3 is 2.44 bits per heavy atom. The van der Waals surface area contributed by atoms with Crippen LogP contribution in [0.25, 0.3) is 10.8 Å². The second-order valence-corrected chi connectivity index (χ2v) is 5.13. The topological polar surface area (TPSA) is 26.0 Å². The molecule has 1 nitrogen and oxygen atoms in total. The Kier molecular flexibility index (Phi) is 2.20. The maximum absolute atomic E-state index is 5.97. The zero-order valence-electron chi connectivity index (χ0n) is 9.04. The van der Waals surface area contributed by atoms with E-state index in [0.29, 0.717) is 0 Å². The van der Waals surface area contributed by atoms with E-state index in [2.05, 4.69) is 24.3 Å². The average Bonchev–Trinajstić information content (AvgIpc) is 3.09. The van der Waals surface area contributed by atoms with Gasteiger partial charge in [0.2, 0.25) is 0 Å². The van der Waals surface area contributed by atoms with Crippen LogP contribution in [-0.4, -0.2) is 6.54 Å². The first kappa shape index (κ1) is 10.1. The van der Waals surface area contributed by atoms with E-state index in [1.165, 1.54) is 29.2 Å². The van der Waals surface area contributed by atoms with Crippen LogP contribution in [0.2, 0.25) is 5.02 Å². The number of fused-ring (bicyclic) bond motifs is 1. The van der Waals surface area contributed by atoms with Gasteiger partial charge < -0.3 is 5.73 Å². The molecule has 0 saturated heterocycles. The van der Waals surface area contributed by atoms with Crippen LogP contribution in [-0.2, 0) is 5.41 Å². The molecule has 82 valence electrons. The number of benzene rings is 2. The Bertz CT molecular complexity index is 543. The fourth-order valence-corrected chi connectivity index (χ4v) is 2.49. The SMILES string of the molecule is NCC1(c2ccc3cc(Cl)ccc3c2)CC1. The molecule has 1 saturated carbocycles. The van der Waals surface area contributed by atoms with Gasteiger partial charge in [-0.05, 0) is 41.3 Å². The maximum atomic E-state index is 5.97. The number of nitrogens with two attached hydrogens (primary N) is 1. The molecular weight excluding hydrogens is 218 g/mol. The molecule has 1 aliphatic rings. The molecule has 1 fully saturated rings. The summed E-state index contributed by atoms with van der Waals surface area (Å²) in [5, 5.41) is 3.24. The van der Waals surface area contributed by atoms with Crippen LogP contribution in [0, 0.1) is 0 Å². The number of rotatable bonds is 2. The highest BCUT2D eigenvalue weighted by Crippen LogP contribution is 2.47. The van der Waals surface area contributed by atoms with E-state index < -0.39 is 0 Å². The molecule has 2 N–H and O–H groups in total. The largest absolute Gasteiger partial charge is 0.330 e. The molecule has 2 heteroatoms. The van der Waals surface area contributed by atoms with Crippen molar-refractivity contribution in [1.82, 2.24) is 0 Å². The van der Waals surface area contributed by atoms with Crippen molar-refractivity contribution >= 4 is 22.4 Å². The maximum Gasteiger partial charge on any atom is 0.0412 e. The fraction of sp³-hybridized carbons (Fsp3) is 0.286. The smallest absolute Gasteiger partial charge is 0.0412 e. The Labute approximate surface area is 100 Å². The first-order valence-corrected chi connectivity index (χ1v) is 6.01. The molecule has 0 bridgehead atoms. The standard InChI is InChI=1S/C14H14ClN/c15-13-4-2-10-7-12(3-1-11(10)8-13)14(9-16)5-6-14/h1-4,7-8H,5-6,9,16H2. The normalized spacial score (nSPS) is 17.6.